The predicted octanol–water partition coefficient (Wildman–Crippen LogP) is 6.28. The first-order valence-corrected chi connectivity index (χ1v) is 12.2. The zero-order chi connectivity index (χ0) is 20.7. The van der Waals surface area contributed by atoms with Crippen LogP contribution in [0.1, 0.15) is 129 Å². The molecule has 0 atom stereocenters. The van der Waals surface area contributed by atoms with Crippen LogP contribution in [0.4, 0.5) is 0 Å². The second-order valence-electron chi connectivity index (χ2n) is 8.15. The summed E-state index contributed by atoms with van der Waals surface area (Å²) in [4.78, 5) is 23.5. The molecular formula is C24H48N2O2. The van der Waals surface area contributed by atoms with E-state index >= 15 is 0 Å². The lowest BCUT2D eigenvalue weighted by atomic mass is 10.1. The summed E-state index contributed by atoms with van der Waals surface area (Å²) in [6, 6.07) is 0. The van der Waals surface area contributed by atoms with Gasteiger partial charge in [0.25, 0.3) is 0 Å². The summed E-state index contributed by atoms with van der Waals surface area (Å²) in [5.41, 5.74) is 0. The Morgan fingerprint density at radius 2 is 0.786 bits per heavy atom. The molecule has 0 aromatic rings. The van der Waals surface area contributed by atoms with Gasteiger partial charge in [-0.1, -0.05) is 90.9 Å². The third-order valence-corrected chi connectivity index (χ3v) is 5.26. The number of hydrogen-bond acceptors (Lipinski definition) is 2. The molecule has 166 valence electrons. The van der Waals surface area contributed by atoms with Crippen LogP contribution in [-0.4, -0.2) is 24.9 Å². The van der Waals surface area contributed by atoms with E-state index in [1.54, 1.807) is 0 Å². The molecule has 0 unspecified atom stereocenters. The van der Waals surface area contributed by atoms with Gasteiger partial charge >= 0.3 is 0 Å². The maximum atomic E-state index is 11.7. The fraction of sp³-hybridized carbons (Fsp3) is 0.917. The first-order chi connectivity index (χ1) is 13.7. The minimum atomic E-state index is 0.206. The molecular weight excluding hydrogens is 348 g/mol. The number of carbonyl (C=O) groups excluding carboxylic acids is 2. The van der Waals surface area contributed by atoms with Gasteiger partial charge in [0, 0.05) is 25.9 Å². The van der Waals surface area contributed by atoms with Crippen molar-refractivity contribution in [2.45, 2.75) is 129 Å². The van der Waals surface area contributed by atoms with E-state index < -0.39 is 0 Å². The van der Waals surface area contributed by atoms with E-state index in [0.717, 1.165) is 51.6 Å². The van der Waals surface area contributed by atoms with Gasteiger partial charge in [0.15, 0.2) is 0 Å². The smallest absolute Gasteiger partial charge is 0.219 e. The summed E-state index contributed by atoms with van der Waals surface area (Å²) < 4.78 is 0. The second kappa shape index (κ2) is 22.2. The molecule has 0 aliphatic rings. The third-order valence-electron chi connectivity index (χ3n) is 5.26. The van der Waals surface area contributed by atoms with Crippen molar-refractivity contribution in [3.05, 3.63) is 0 Å². The molecule has 0 aromatic heterocycles. The maximum absolute atomic E-state index is 11.7. The number of hydrogen-bond donors (Lipinski definition) is 2. The van der Waals surface area contributed by atoms with Crippen molar-refractivity contribution < 1.29 is 9.59 Å². The molecule has 0 fully saturated rings. The summed E-state index contributed by atoms with van der Waals surface area (Å²) in [5.74, 6) is 0.412. The summed E-state index contributed by atoms with van der Waals surface area (Å²) in [7, 11) is 0. The Kier molecular flexibility index (Phi) is 21.4. The monoisotopic (exact) mass is 396 g/mol. The van der Waals surface area contributed by atoms with E-state index in [1.807, 2.05) is 0 Å². The van der Waals surface area contributed by atoms with Crippen molar-refractivity contribution in [2.75, 3.05) is 13.1 Å². The Morgan fingerprint density at radius 3 is 1.18 bits per heavy atom. The maximum Gasteiger partial charge on any atom is 0.219 e. The Hall–Kier alpha value is -1.06. The van der Waals surface area contributed by atoms with Gasteiger partial charge in [0.2, 0.25) is 11.8 Å². The fourth-order valence-corrected chi connectivity index (χ4v) is 3.37. The van der Waals surface area contributed by atoms with Gasteiger partial charge in [-0.3, -0.25) is 9.59 Å². The van der Waals surface area contributed by atoms with Crippen molar-refractivity contribution in [3.63, 3.8) is 0 Å². The molecule has 0 rings (SSSR count). The van der Waals surface area contributed by atoms with Crippen LogP contribution in [0.15, 0.2) is 0 Å². The normalized spacial score (nSPS) is 10.8. The lowest BCUT2D eigenvalue weighted by molar-refractivity contribution is -0.122. The van der Waals surface area contributed by atoms with E-state index in [1.165, 1.54) is 64.2 Å². The molecule has 0 radical (unpaired) electrons. The molecule has 4 nitrogen and oxygen atoms in total. The highest BCUT2D eigenvalue weighted by atomic mass is 16.2. The molecule has 0 heterocycles. The summed E-state index contributed by atoms with van der Waals surface area (Å²) in [6.45, 7) is 6.03. The van der Waals surface area contributed by atoms with Crippen LogP contribution in [0.3, 0.4) is 0 Å². The van der Waals surface area contributed by atoms with Crippen LogP contribution in [0, 0.1) is 0 Å². The van der Waals surface area contributed by atoms with Crippen LogP contribution in [0.5, 0.6) is 0 Å². The van der Waals surface area contributed by atoms with Gasteiger partial charge < -0.3 is 10.6 Å². The van der Waals surface area contributed by atoms with Crippen molar-refractivity contribution >= 4 is 11.8 Å². The molecule has 0 aliphatic carbocycles. The first-order valence-electron chi connectivity index (χ1n) is 12.2. The van der Waals surface area contributed by atoms with Crippen molar-refractivity contribution in [2.24, 2.45) is 0 Å². The fourth-order valence-electron chi connectivity index (χ4n) is 3.37. The summed E-state index contributed by atoms with van der Waals surface area (Å²) >= 11 is 0. The van der Waals surface area contributed by atoms with Gasteiger partial charge in [0.1, 0.15) is 0 Å². The molecule has 2 amide bonds. The van der Waals surface area contributed by atoms with Crippen LogP contribution in [-0.2, 0) is 9.59 Å². The van der Waals surface area contributed by atoms with Crippen LogP contribution >= 0.6 is 0 Å². The van der Waals surface area contributed by atoms with Crippen molar-refractivity contribution in [1.82, 2.24) is 10.6 Å². The Bertz CT molecular complexity index is 325. The van der Waals surface area contributed by atoms with E-state index in [-0.39, 0.29) is 11.8 Å². The zero-order valence-electron chi connectivity index (χ0n) is 19.0. The van der Waals surface area contributed by atoms with Gasteiger partial charge in [-0.25, -0.2) is 0 Å². The molecule has 0 aromatic carbocycles. The predicted molar refractivity (Wildman–Crippen MR) is 120 cm³/mol. The molecule has 4 heteroatoms. The molecule has 0 bridgehead atoms. The molecule has 0 aliphatic heterocycles. The highest BCUT2D eigenvalue weighted by molar-refractivity contribution is 5.76. The van der Waals surface area contributed by atoms with Crippen molar-refractivity contribution in [3.8, 4) is 0 Å². The highest BCUT2D eigenvalue weighted by Crippen LogP contribution is 2.08. The van der Waals surface area contributed by atoms with Crippen LogP contribution < -0.4 is 10.6 Å². The van der Waals surface area contributed by atoms with E-state index in [9.17, 15) is 9.59 Å². The number of amides is 2. The second-order valence-corrected chi connectivity index (χ2v) is 8.15. The number of rotatable bonds is 21. The summed E-state index contributed by atoms with van der Waals surface area (Å²) in [6.07, 6.45) is 20.4. The van der Waals surface area contributed by atoms with Gasteiger partial charge in [-0.15, -0.1) is 0 Å². The number of carbonyl (C=O) groups is 2. The average Bonchev–Trinajstić information content (AvgIpc) is 2.69. The van der Waals surface area contributed by atoms with E-state index in [0.29, 0.717) is 12.8 Å². The molecule has 0 saturated heterocycles. The highest BCUT2D eigenvalue weighted by Gasteiger charge is 2.02. The standard InChI is InChI=1S/C24H48N2O2/c1-3-5-7-9-11-15-19-23(27)25-21-17-13-14-18-22-26-24(28)20-16-12-10-8-6-4-2/h3-22H2,1-2H3,(H,25,27)(H,26,28). The Labute approximate surface area is 175 Å². The average molecular weight is 397 g/mol. The van der Waals surface area contributed by atoms with Gasteiger partial charge in [-0.2, -0.15) is 0 Å². The zero-order valence-corrected chi connectivity index (χ0v) is 19.0. The van der Waals surface area contributed by atoms with Gasteiger partial charge in [-0.05, 0) is 25.7 Å². The summed E-state index contributed by atoms with van der Waals surface area (Å²) in [5, 5.41) is 6.05. The third kappa shape index (κ3) is 21.2. The largest absolute Gasteiger partial charge is 0.356 e. The minimum Gasteiger partial charge on any atom is -0.356 e. The lowest BCUT2D eigenvalue weighted by Crippen LogP contribution is -2.24. The Balaban J connectivity index is 3.25. The van der Waals surface area contributed by atoms with Crippen molar-refractivity contribution in [1.29, 1.82) is 0 Å². The number of nitrogens with one attached hydrogen (secondary N) is 2. The molecule has 28 heavy (non-hydrogen) atoms. The van der Waals surface area contributed by atoms with Crippen LogP contribution in [0.2, 0.25) is 0 Å². The topological polar surface area (TPSA) is 58.2 Å². The quantitative estimate of drug-likeness (QED) is 0.224. The van der Waals surface area contributed by atoms with Gasteiger partial charge in [0.05, 0.1) is 0 Å². The number of unbranched alkanes of at least 4 members (excludes halogenated alkanes) is 13. The molecule has 2 N–H and O–H groups in total. The lowest BCUT2D eigenvalue weighted by Gasteiger charge is -2.07. The molecule has 0 saturated carbocycles. The van der Waals surface area contributed by atoms with E-state index in [4.69, 9.17) is 0 Å². The molecule has 0 spiro atoms. The SMILES string of the molecule is CCCCCCCCC(=O)NCCCCCCNC(=O)CCCCCCCC. The minimum absolute atomic E-state index is 0.206. The van der Waals surface area contributed by atoms with E-state index in [2.05, 4.69) is 24.5 Å². The first kappa shape index (κ1) is 26.9. The Morgan fingerprint density at radius 1 is 0.464 bits per heavy atom. The van der Waals surface area contributed by atoms with Crippen LogP contribution in [0.25, 0.3) is 0 Å².